The third kappa shape index (κ3) is 3.46. The number of aryl methyl sites for hydroxylation is 1. The summed E-state index contributed by atoms with van der Waals surface area (Å²) in [5.74, 6) is 0.430. The number of carbonyl (C=O) groups excluding carboxylic acids is 1. The molecule has 7 heteroatoms. The molecule has 0 aromatic carbocycles. The summed E-state index contributed by atoms with van der Waals surface area (Å²) in [7, 11) is 0. The molecule has 148 valence electrons. The van der Waals surface area contributed by atoms with Gasteiger partial charge in [0.15, 0.2) is 0 Å². The number of nitrogens with zero attached hydrogens (tertiary/aromatic N) is 2. The summed E-state index contributed by atoms with van der Waals surface area (Å²) in [6.07, 6.45) is -0.893. The summed E-state index contributed by atoms with van der Waals surface area (Å²) in [5, 5.41) is 9.78. The highest BCUT2D eigenvalue weighted by Gasteiger charge is 2.55. The van der Waals surface area contributed by atoms with Crippen LogP contribution in [0.1, 0.15) is 49.6 Å². The second kappa shape index (κ2) is 5.93. The fourth-order valence-electron chi connectivity index (χ4n) is 5.19. The number of pyridine rings is 1. The van der Waals surface area contributed by atoms with Crippen molar-refractivity contribution in [2.45, 2.75) is 57.7 Å². The second-order valence-electron chi connectivity index (χ2n) is 9.24. The Morgan fingerprint density at radius 1 is 1.26 bits per heavy atom. The Bertz CT molecular complexity index is 753. The van der Waals surface area contributed by atoms with E-state index < -0.39 is 17.5 Å². The van der Waals surface area contributed by atoms with Gasteiger partial charge in [-0.3, -0.25) is 4.79 Å². The van der Waals surface area contributed by atoms with E-state index in [4.69, 9.17) is 0 Å². The van der Waals surface area contributed by atoms with Crippen molar-refractivity contribution in [2.75, 3.05) is 13.1 Å². The monoisotopic (exact) mass is 382 g/mol. The molecule has 27 heavy (non-hydrogen) atoms. The molecule has 1 aromatic heterocycles. The average Bonchev–Trinajstić information content (AvgIpc) is 2.45. The summed E-state index contributed by atoms with van der Waals surface area (Å²) in [6.45, 7) is 4.68. The van der Waals surface area contributed by atoms with Gasteiger partial charge in [0.05, 0.1) is 5.60 Å². The smallest absolute Gasteiger partial charge is 0.390 e. The van der Waals surface area contributed by atoms with Crippen LogP contribution in [0.25, 0.3) is 0 Å². The number of carbonyl (C=O) groups is 1. The molecule has 0 bridgehead atoms. The van der Waals surface area contributed by atoms with Crippen LogP contribution in [-0.2, 0) is 17.4 Å². The summed E-state index contributed by atoms with van der Waals surface area (Å²) >= 11 is 0. The van der Waals surface area contributed by atoms with Gasteiger partial charge in [-0.1, -0.05) is 6.07 Å². The SMILES string of the molecule is Cc1ccc(CC2CC3(C2)CN(C(=O)C2CC(C)(O)C2)C3)nc1C(F)(F)F. The minimum absolute atomic E-state index is 0.0502. The molecule has 4 nitrogen and oxygen atoms in total. The Morgan fingerprint density at radius 2 is 1.89 bits per heavy atom. The first kappa shape index (κ1) is 18.7. The average molecular weight is 382 g/mol. The van der Waals surface area contributed by atoms with Gasteiger partial charge in [0.25, 0.3) is 0 Å². The van der Waals surface area contributed by atoms with Crippen molar-refractivity contribution in [1.29, 1.82) is 0 Å². The second-order valence-corrected chi connectivity index (χ2v) is 9.24. The summed E-state index contributed by atoms with van der Waals surface area (Å²) < 4.78 is 39.0. The predicted octanol–water partition coefficient (Wildman–Crippen LogP) is 3.35. The maximum Gasteiger partial charge on any atom is 0.433 e. The normalized spacial score (nSPS) is 29.9. The Kier molecular flexibility index (Phi) is 4.11. The van der Waals surface area contributed by atoms with E-state index in [0.29, 0.717) is 30.9 Å². The number of rotatable bonds is 3. The van der Waals surface area contributed by atoms with E-state index in [0.717, 1.165) is 25.9 Å². The molecule has 1 amide bonds. The molecule has 4 rings (SSSR count). The number of halogens is 3. The molecule has 0 atom stereocenters. The van der Waals surface area contributed by atoms with Gasteiger partial charge in [0, 0.05) is 30.1 Å². The van der Waals surface area contributed by atoms with Gasteiger partial charge in [-0.05, 0) is 63.5 Å². The van der Waals surface area contributed by atoms with E-state index in [2.05, 4.69) is 4.98 Å². The van der Waals surface area contributed by atoms with E-state index in [9.17, 15) is 23.1 Å². The Balaban J connectivity index is 1.27. The van der Waals surface area contributed by atoms with Gasteiger partial charge in [-0.15, -0.1) is 0 Å². The van der Waals surface area contributed by atoms with Crippen molar-refractivity contribution in [3.8, 4) is 0 Å². The highest BCUT2D eigenvalue weighted by atomic mass is 19.4. The lowest BCUT2D eigenvalue weighted by molar-refractivity contribution is -0.171. The van der Waals surface area contributed by atoms with Crippen molar-refractivity contribution >= 4 is 5.91 Å². The van der Waals surface area contributed by atoms with Crippen LogP contribution in [0.5, 0.6) is 0 Å². The third-order valence-electron chi connectivity index (χ3n) is 6.45. The minimum atomic E-state index is -4.41. The molecule has 3 aliphatic rings. The van der Waals surface area contributed by atoms with Crippen LogP contribution >= 0.6 is 0 Å². The van der Waals surface area contributed by atoms with Crippen molar-refractivity contribution in [3.05, 3.63) is 29.1 Å². The summed E-state index contributed by atoms with van der Waals surface area (Å²) in [6, 6.07) is 3.19. The van der Waals surface area contributed by atoms with E-state index >= 15 is 0 Å². The van der Waals surface area contributed by atoms with Gasteiger partial charge in [0.2, 0.25) is 5.91 Å². The maximum absolute atomic E-state index is 13.0. The Morgan fingerprint density at radius 3 is 2.44 bits per heavy atom. The van der Waals surface area contributed by atoms with E-state index in [1.54, 1.807) is 13.0 Å². The summed E-state index contributed by atoms with van der Waals surface area (Å²) in [4.78, 5) is 18.1. The Hall–Kier alpha value is -1.63. The zero-order valence-electron chi connectivity index (χ0n) is 15.6. The lowest BCUT2D eigenvalue weighted by atomic mass is 9.56. The first-order chi connectivity index (χ1) is 12.5. The van der Waals surface area contributed by atoms with Crippen LogP contribution in [0.3, 0.4) is 0 Å². The van der Waals surface area contributed by atoms with Gasteiger partial charge in [0.1, 0.15) is 5.69 Å². The first-order valence-electron chi connectivity index (χ1n) is 9.51. The molecule has 3 fully saturated rings. The standard InChI is InChI=1S/C20H25F3N2O2/c1-12-3-4-15(24-16(12)20(21,22)23)5-13-6-19(7-13)10-25(11-19)17(26)14-8-18(2,27)9-14/h3-4,13-14,27H,5-11H2,1-2H3. The predicted molar refractivity (Wildman–Crippen MR) is 92.8 cm³/mol. The highest BCUT2D eigenvalue weighted by molar-refractivity contribution is 5.81. The molecule has 1 N–H and O–H groups in total. The molecule has 1 spiro atoms. The number of alkyl halides is 3. The fraction of sp³-hybridized carbons (Fsp3) is 0.700. The number of hydrogen-bond donors (Lipinski definition) is 1. The quantitative estimate of drug-likeness (QED) is 0.872. The van der Waals surface area contributed by atoms with Crippen molar-refractivity contribution in [2.24, 2.45) is 17.3 Å². The molecule has 1 aromatic rings. The zero-order chi connectivity index (χ0) is 19.6. The van der Waals surface area contributed by atoms with Crippen molar-refractivity contribution in [1.82, 2.24) is 9.88 Å². The topological polar surface area (TPSA) is 53.4 Å². The van der Waals surface area contributed by atoms with Crippen LogP contribution in [-0.4, -0.2) is 39.6 Å². The van der Waals surface area contributed by atoms with Crippen LogP contribution in [0.4, 0.5) is 13.2 Å². The number of amides is 1. The maximum atomic E-state index is 13.0. The lowest BCUT2D eigenvalue weighted by Crippen LogP contribution is -2.66. The number of aromatic nitrogens is 1. The molecule has 2 saturated carbocycles. The molecule has 2 heterocycles. The van der Waals surface area contributed by atoms with Crippen LogP contribution in [0.2, 0.25) is 0 Å². The first-order valence-corrected chi connectivity index (χ1v) is 9.51. The highest BCUT2D eigenvalue weighted by Crippen LogP contribution is 2.54. The van der Waals surface area contributed by atoms with Crippen LogP contribution in [0.15, 0.2) is 12.1 Å². The van der Waals surface area contributed by atoms with Crippen molar-refractivity contribution in [3.63, 3.8) is 0 Å². The zero-order valence-corrected chi connectivity index (χ0v) is 15.6. The molecule has 2 aliphatic carbocycles. The third-order valence-corrected chi connectivity index (χ3v) is 6.45. The fourth-order valence-corrected chi connectivity index (χ4v) is 5.19. The van der Waals surface area contributed by atoms with Gasteiger partial charge in [-0.2, -0.15) is 13.2 Å². The molecular formula is C20H25F3N2O2. The van der Waals surface area contributed by atoms with Gasteiger partial charge < -0.3 is 10.0 Å². The Labute approximate surface area is 156 Å². The van der Waals surface area contributed by atoms with Crippen LogP contribution in [0, 0.1) is 24.2 Å². The number of aliphatic hydroxyl groups is 1. The largest absolute Gasteiger partial charge is 0.433 e. The van der Waals surface area contributed by atoms with Crippen LogP contribution < -0.4 is 0 Å². The molecule has 0 unspecified atom stereocenters. The van der Waals surface area contributed by atoms with Crippen molar-refractivity contribution < 1.29 is 23.1 Å². The van der Waals surface area contributed by atoms with Gasteiger partial charge in [-0.25, -0.2) is 4.98 Å². The summed E-state index contributed by atoms with van der Waals surface area (Å²) in [5.41, 5.74) is -0.674. The van der Waals surface area contributed by atoms with E-state index in [1.807, 2.05) is 4.90 Å². The molecule has 1 saturated heterocycles. The minimum Gasteiger partial charge on any atom is -0.390 e. The number of likely N-dealkylation sites (tertiary alicyclic amines) is 1. The molecule has 1 aliphatic heterocycles. The number of hydrogen-bond acceptors (Lipinski definition) is 3. The lowest BCUT2D eigenvalue weighted by Gasteiger charge is -2.60. The van der Waals surface area contributed by atoms with Gasteiger partial charge >= 0.3 is 6.18 Å². The molecule has 0 radical (unpaired) electrons. The van der Waals surface area contributed by atoms with E-state index in [-0.39, 0.29) is 22.8 Å². The van der Waals surface area contributed by atoms with E-state index in [1.165, 1.54) is 13.0 Å². The molecular weight excluding hydrogens is 357 g/mol.